The molecule has 4 amide bonds. The number of carbonyl (C=O) groups excluding carboxylic acids is 3. The molecule has 0 radical (unpaired) electrons. The minimum atomic E-state index is -3.35. The molecule has 1 spiro atoms. The van der Waals surface area contributed by atoms with Crippen LogP contribution in [0.25, 0.3) is 0 Å². The Morgan fingerprint density at radius 1 is 0.978 bits per heavy atom. The number of urea groups is 1. The molecule has 4 atom stereocenters. The fraction of sp³-hybridized carbons (Fsp3) is 0.545. The topological polar surface area (TPSA) is 116 Å². The molecule has 9 nitrogen and oxygen atoms in total. The van der Waals surface area contributed by atoms with E-state index in [0.717, 1.165) is 24.7 Å². The number of hydrogen-bond acceptors (Lipinski definition) is 6. The van der Waals surface area contributed by atoms with Gasteiger partial charge in [0.2, 0.25) is 11.8 Å². The van der Waals surface area contributed by atoms with E-state index in [0.29, 0.717) is 31.4 Å². The summed E-state index contributed by atoms with van der Waals surface area (Å²) in [7, 11) is -3.35. The van der Waals surface area contributed by atoms with Crippen LogP contribution in [0.5, 0.6) is 0 Å². The normalized spacial score (nSPS) is 27.5. The first-order chi connectivity index (χ1) is 21.3. The van der Waals surface area contributed by atoms with Crippen molar-refractivity contribution in [3.8, 4) is 0 Å². The van der Waals surface area contributed by atoms with E-state index in [1.165, 1.54) is 17.0 Å². The Balaban J connectivity index is 1.10. The SMILES string of the molecule is CS(=O)(=O)c1ccc(CN2C(=O)NC3(C[C@H]4CC[C@@H](C3)N4CC[C@H](NC(=O)C3CCC(F)(F)CC3)c3ccccc3)C2=O)cc1. The number of benzene rings is 2. The molecule has 1 unspecified atom stereocenters. The van der Waals surface area contributed by atoms with Crippen molar-refractivity contribution in [1.82, 2.24) is 20.4 Å². The Kier molecular flexibility index (Phi) is 8.49. The lowest BCUT2D eigenvalue weighted by Gasteiger charge is -2.43. The van der Waals surface area contributed by atoms with Gasteiger partial charge in [-0.3, -0.25) is 19.4 Å². The zero-order valence-corrected chi connectivity index (χ0v) is 26.2. The molecular weight excluding hydrogens is 602 g/mol. The van der Waals surface area contributed by atoms with Crippen molar-refractivity contribution in [1.29, 1.82) is 0 Å². The molecule has 2 aromatic carbocycles. The number of amides is 4. The molecule has 2 aromatic rings. The number of fused-ring (bicyclic) bond motifs is 2. The Hall–Kier alpha value is -3.38. The average molecular weight is 643 g/mol. The largest absolute Gasteiger partial charge is 0.349 e. The molecule has 0 aromatic heterocycles. The summed E-state index contributed by atoms with van der Waals surface area (Å²) >= 11 is 0. The Bertz CT molecular complexity index is 1530. The highest BCUT2D eigenvalue weighted by atomic mass is 32.2. The van der Waals surface area contributed by atoms with Gasteiger partial charge in [0.25, 0.3) is 5.91 Å². The minimum absolute atomic E-state index is 0.0621. The summed E-state index contributed by atoms with van der Waals surface area (Å²) in [5, 5.41) is 6.17. The molecule has 4 fully saturated rings. The van der Waals surface area contributed by atoms with Gasteiger partial charge in [0.05, 0.1) is 17.5 Å². The first-order valence-corrected chi connectivity index (χ1v) is 17.6. The van der Waals surface area contributed by atoms with Crippen molar-refractivity contribution in [3.63, 3.8) is 0 Å². The van der Waals surface area contributed by atoms with E-state index in [-0.39, 0.29) is 67.1 Å². The van der Waals surface area contributed by atoms with Crippen molar-refractivity contribution >= 4 is 27.7 Å². The molecule has 1 saturated carbocycles. The molecule has 4 aliphatic rings. The van der Waals surface area contributed by atoms with Gasteiger partial charge < -0.3 is 10.6 Å². The smallest absolute Gasteiger partial charge is 0.325 e. The summed E-state index contributed by atoms with van der Waals surface area (Å²) in [6.45, 7) is 0.749. The average Bonchev–Trinajstić information content (AvgIpc) is 3.37. The molecule has 242 valence electrons. The summed E-state index contributed by atoms with van der Waals surface area (Å²) in [6, 6.07) is 15.4. The van der Waals surface area contributed by atoms with Crippen LogP contribution in [0.15, 0.2) is 59.5 Å². The summed E-state index contributed by atoms with van der Waals surface area (Å²) in [5.41, 5.74) is 0.660. The van der Waals surface area contributed by atoms with Crippen molar-refractivity contribution in [2.45, 2.75) is 98.8 Å². The predicted octanol–water partition coefficient (Wildman–Crippen LogP) is 4.58. The number of nitrogens with zero attached hydrogens (tertiary/aromatic N) is 2. The lowest BCUT2D eigenvalue weighted by molar-refractivity contribution is -0.134. The maximum absolute atomic E-state index is 13.7. The Labute approximate surface area is 262 Å². The highest BCUT2D eigenvalue weighted by molar-refractivity contribution is 7.90. The monoisotopic (exact) mass is 642 g/mol. The van der Waals surface area contributed by atoms with Crippen LogP contribution in [-0.2, 0) is 26.0 Å². The third-order valence-electron chi connectivity index (χ3n) is 10.2. The van der Waals surface area contributed by atoms with Gasteiger partial charge >= 0.3 is 6.03 Å². The minimum Gasteiger partial charge on any atom is -0.349 e. The quantitative estimate of drug-likeness (QED) is 0.387. The highest BCUT2D eigenvalue weighted by Gasteiger charge is 2.58. The van der Waals surface area contributed by atoms with Gasteiger partial charge in [-0.2, -0.15) is 0 Å². The van der Waals surface area contributed by atoms with Crippen LogP contribution in [0.1, 0.15) is 75.0 Å². The Morgan fingerprint density at radius 2 is 1.60 bits per heavy atom. The summed E-state index contributed by atoms with van der Waals surface area (Å²) in [5.74, 6) is -3.53. The molecule has 3 saturated heterocycles. The van der Waals surface area contributed by atoms with Gasteiger partial charge in [-0.15, -0.1) is 0 Å². The molecule has 12 heteroatoms. The van der Waals surface area contributed by atoms with E-state index in [1.54, 1.807) is 12.1 Å². The molecule has 3 heterocycles. The lowest BCUT2D eigenvalue weighted by Crippen LogP contribution is -2.59. The van der Waals surface area contributed by atoms with Crippen molar-refractivity contribution in [2.75, 3.05) is 12.8 Å². The van der Waals surface area contributed by atoms with E-state index >= 15 is 0 Å². The molecule has 1 aliphatic carbocycles. The Morgan fingerprint density at radius 3 is 2.20 bits per heavy atom. The number of carbonyl (C=O) groups is 3. The van der Waals surface area contributed by atoms with E-state index in [4.69, 9.17) is 0 Å². The number of nitrogens with one attached hydrogen (secondary N) is 2. The van der Waals surface area contributed by atoms with E-state index in [9.17, 15) is 31.6 Å². The number of alkyl halides is 2. The number of hydrogen-bond donors (Lipinski definition) is 2. The molecular formula is C33H40F2N4O5S. The third kappa shape index (κ3) is 6.63. The maximum atomic E-state index is 13.7. The molecule has 2 N–H and O–H groups in total. The number of halogens is 2. The van der Waals surface area contributed by atoms with E-state index in [2.05, 4.69) is 15.5 Å². The summed E-state index contributed by atoms with van der Waals surface area (Å²) < 4.78 is 51.0. The number of sulfone groups is 1. The zero-order valence-electron chi connectivity index (χ0n) is 25.4. The van der Waals surface area contributed by atoms with Gasteiger partial charge in [0, 0.05) is 43.6 Å². The zero-order chi connectivity index (χ0) is 32.0. The number of rotatable bonds is 9. The van der Waals surface area contributed by atoms with Gasteiger partial charge in [0.1, 0.15) is 5.54 Å². The van der Waals surface area contributed by atoms with Crippen molar-refractivity contribution in [2.24, 2.45) is 5.92 Å². The van der Waals surface area contributed by atoms with Crippen LogP contribution >= 0.6 is 0 Å². The lowest BCUT2D eigenvalue weighted by atomic mass is 9.82. The van der Waals surface area contributed by atoms with Crippen molar-refractivity contribution < 1.29 is 31.6 Å². The van der Waals surface area contributed by atoms with Gasteiger partial charge in [-0.25, -0.2) is 22.0 Å². The van der Waals surface area contributed by atoms with Gasteiger partial charge in [-0.05, 0) is 68.2 Å². The van der Waals surface area contributed by atoms with Crippen LogP contribution < -0.4 is 10.6 Å². The molecule has 3 aliphatic heterocycles. The third-order valence-corrected chi connectivity index (χ3v) is 11.3. The van der Waals surface area contributed by atoms with Crippen LogP contribution in [0.2, 0.25) is 0 Å². The van der Waals surface area contributed by atoms with Crippen LogP contribution in [0, 0.1) is 5.92 Å². The van der Waals surface area contributed by atoms with Crippen molar-refractivity contribution in [3.05, 3.63) is 65.7 Å². The first-order valence-electron chi connectivity index (χ1n) is 15.8. The second-order valence-electron chi connectivity index (χ2n) is 13.2. The second kappa shape index (κ2) is 12.1. The predicted molar refractivity (Wildman–Crippen MR) is 163 cm³/mol. The van der Waals surface area contributed by atoms with Crippen LogP contribution in [-0.4, -0.2) is 72.4 Å². The van der Waals surface area contributed by atoms with Crippen LogP contribution in [0.4, 0.5) is 13.6 Å². The standard InChI is InChI=1S/C33H40F2N4O5S/c1-45(43,44)27-11-7-22(8-12-27)21-39-30(41)32(37-31(39)42)19-25-9-10-26(20-32)38(25)18-15-28(23-5-3-2-4-6-23)36-29(40)24-13-16-33(34,35)17-14-24/h2-8,11-12,24-26,28H,9-10,13-21H2,1H3,(H,36,40)(H,37,42)/t25-,26+,28-,32?/m0/s1. The molecule has 2 bridgehead atoms. The highest BCUT2D eigenvalue weighted by Crippen LogP contribution is 2.44. The van der Waals surface area contributed by atoms with Gasteiger partial charge in [0.15, 0.2) is 9.84 Å². The van der Waals surface area contributed by atoms with E-state index < -0.39 is 33.2 Å². The summed E-state index contributed by atoms with van der Waals surface area (Å²) in [4.78, 5) is 43.8. The summed E-state index contributed by atoms with van der Waals surface area (Å²) in [6.07, 6.45) is 4.40. The van der Waals surface area contributed by atoms with E-state index in [1.807, 2.05) is 30.3 Å². The molecule has 6 rings (SSSR count). The first kappa shape index (κ1) is 31.6. The number of imide groups is 1. The van der Waals surface area contributed by atoms with Crippen LogP contribution in [0.3, 0.4) is 0 Å². The second-order valence-corrected chi connectivity index (χ2v) is 15.3. The maximum Gasteiger partial charge on any atom is 0.325 e. The van der Waals surface area contributed by atoms with Gasteiger partial charge in [-0.1, -0.05) is 42.5 Å². The fourth-order valence-corrected chi connectivity index (χ4v) is 8.34. The fourth-order valence-electron chi connectivity index (χ4n) is 7.70. The molecule has 45 heavy (non-hydrogen) atoms. The number of piperidine rings is 1.